The van der Waals surface area contributed by atoms with E-state index in [1.165, 1.54) is 30.6 Å². The number of hydrogen-bond acceptors (Lipinski definition) is 2. The van der Waals surface area contributed by atoms with Gasteiger partial charge < -0.3 is 5.32 Å². The van der Waals surface area contributed by atoms with Crippen molar-refractivity contribution in [2.24, 2.45) is 11.8 Å². The maximum Gasteiger partial charge on any atom is 0.227 e. The third-order valence-corrected chi connectivity index (χ3v) is 5.52. The molecule has 102 valence electrons. The molecule has 2 fully saturated rings. The molecule has 2 nitrogen and oxygen atoms in total. The lowest BCUT2D eigenvalue weighted by Gasteiger charge is -2.09. The van der Waals surface area contributed by atoms with Gasteiger partial charge in [-0.3, -0.25) is 4.79 Å². The highest BCUT2D eigenvalue weighted by Crippen LogP contribution is 2.39. The molecule has 2 aliphatic rings. The first kappa shape index (κ1) is 13.0. The van der Waals surface area contributed by atoms with E-state index in [1.54, 1.807) is 0 Å². The zero-order chi connectivity index (χ0) is 13.2. The van der Waals surface area contributed by atoms with Gasteiger partial charge in [0.25, 0.3) is 0 Å². The average Bonchev–Trinajstić information content (AvgIpc) is 2.92. The Morgan fingerprint density at radius 3 is 2.42 bits per heavy atom. The molecule has 0 bridgehead atoms. The number of hydrogen-bond donors (Lipinski definition) is 1. The molecule has 19 heavy (non-hydrogen) atoms. The molecular formula is C16H21NOS. The summed E-state index contributed by atoms with van der Waals surface area (Å²) in [7, 11) is 0. The molecule has 2 atom stereocenters. The van der Waals surface area contributed by atoms with E-state index in [1.807, 2.05) is 23.9 Å². The van der Waals surface area contributed by atoms with Crippen molar-refractivity contribution < 1.29 is 4.79 Å². The van der Waals surface area contributed by atoms with Crippen LogP contribution in [-0.2, 0) is 4.79 Å². The van der Waals surface area contributed by atoms with Crippen molar-refractivity contribution in [3.8, 4) is 0 Å². The van der Waals surface area contributed by atoms with Crippen molar-refractivity contribution >= 4 is 23.4 Å². The standard InChI is InChI=1S/C16H21NOS/c1-11-10-15(11)16(18)17-12-6-8-14(9-7-12)19-13-4-2-3-5-13/h6-9,11,13,15H,2-5,10H2,1H3,(H,17,18)/t11-,15+/m1/s1. The molecule has 0 spiro atoms. The molecule has 0 aliphatic heterocycles. The van der Waals surface area contributed by atoms with Crippen molar-refractivity contribution in [1.29, 1.82) is 0 Å². The van der Waals surface area contributed by atoms with Gasteiger partial charge in [-0.05, 0) is 49.4 Å². The summed E-state index contributed by atoms with van der Waals surface area (Å²) >= 11 is 1.99. The fourth-order valence-corrected chi connectivity index (χ4v) is 3.99. The summed E-state index contributed by atoms with van der Waals surface area (Å²) in [5.41, 5.74) is 0.930. The van der Waals surface area contributed by atoms with Crippen LogP contribution in [0.4, 0.5) is 5.69 Å². The SMILES string of the molecule is C[C@@H]1C[C@@H]1C(=O)Nc1ccc(SC2CCCC2)cc1. The van der Waals surface area contributed by atoms with Gasteiger partial charge in [0.15, 0.2) is 0 Å². The first-order valence-electron chi connectivity index (χ1n) is 7.30. The summed E-state index contributed by atoms with van der Waals surface area (Å²) in [6.07, 6.45) is 6.50. The van der Waals surface area contributed by atoms with Crippen LogP contribution in [0.1, 0.15) is 39.0 Å². The largest absolute Gasteiger partial charge is 0.326 e. The topological polar surface area (TPSA) is 29.1 Å². The molecule has 0 unspecified atom stereocenters. The molecule has 1 aromatic rings. The lowest BCUT2D eigenvalue weighted by atomic mass is 10.3. The third-order valence-electron chi connectivity index (χ3n) is 4.17. The Morgan fingerprint density at radius 2 is 1.84 bits per heavy atom. The summed E-state index contributed by atoms with van der Waals surface area (Å²) in [5.74, 6) is 0.994. The van der Waals surface area contributed by atoms with E-state index >= 15 is 0 Å². The fourth-order valence-electron chi connectivity index (χ4n) is 2.74. The molecule has 1 N–H and O–H groups in total. The van der Waals surface area contributed by atoms with Gasteiger partial charge in [0.2, 0.25) is 5.91 Å². The molecule has 0 heterocycles. The minimum Gasteiger partial charge on any atom is -0.326 e. The van der Waals surface area contributed by atoms with Gasteiger partial charge in [0, 0.05) is 21.8 Å². The molecule has 0 aromatic heterocycles. The number of thioether (sulfide) groups is 1. The minimum atomic E-state index is 0.184. The lowest BCUT2D eigenvalue weighted by Crippen LogP contribution is -2.14. The Hall–Kier alpha value is -0.960. The second-order valence-electron chi connectivity index (χ2n) is 5.86. The number of benzene rings is 1. The van der Waals surface area contributed by atoms with Crippen LogP contribution in [0.25, 0.3) is 0 Å². The van der Waals surface area contributed by atoms with E-state index in [4.69, 9.17) is 0 Å². The highest BCUT2D eigenvalue weighted by Gasteiger charge is 2.38. The zero-order valence-corrected chi connectivity index (χ0v) is 12.2. The Kier molecular flexibility index (Phi) is 3.83. The molecular weight excluding hydrogens is 254 g/mol. The van der Waals surface area contributed by atoms with Crippen LogP contribution < -0.4 is 5.32 Å². The van der Waals surface area contributed by atoms with Crippen LogP contribution in [0.5, 0.6) is 0 Å². The lowest BCUT2D eigenvalue weighted by molar-refractivity contribution is -0.117. The van der Waals surface area contributed by atoms with Crippen LogP contribution in [0.15, 0.2) is 29.2 Å². The van der Waals surface area contributed by atoms with Crippen molar-refractivity contribution in [2.45, 2.75) is 49.2 Å². The Morgan fingerprint density at radius 1 is 1.21 bits per heavy atom. The smallest absolute Gasteiger partial charge is 0.227 e. The van der Waals surface area contributed by atoms with Gasteiger partial charge in [-0.25, -0.2) is 0 Å². The molecule has 2 saturated carbocycles. The van der Waals surface area contributed by atoms with E-state index in [0.29, 0.717) is 5.92 Å². The first-order chi connectivity index (χ1) is 9.22. The van der Waals surface area contributed by atoms with Crippen LogP contribution in [0.3, 0.4) is 0 Å². The Balaban J connectivity index is 1.54. The number of nitrogens with one attached hydrogen (secondary N) is 1. The van der Waals surface area contributed by atoms with Gasteiger partial charge in [-0.1, -0.05) is 19.8 Å². The number of anilines is 1. The Labute approximate surface area is 119 Å². The van der Waals surface area contributed by atoms with E-state index in [9.17, 15) is 4.79 Å². The summed E-state index contributed by atoms with van der Waals surface area (Å²) in [6.45, 7) is 2.13. The van der Waals surface area contributed by atoms with Gasteiger partial charge >= 0.3 is 0 Å². The molecule has 3 heteroatoms. The second kappa shape index (κ2) is 5.58. The third kappa shape index (κ3) is 3.33. The molecule has 1 amide bonds. The van der Waals surface area contributed by atoms with Gasteiger partial charge in [-0.2, -0.15) is 0 Å². The highest BCUT2D eigenvalue weighted by atomic mass is 32.2. The number of amides is 1. The molecule has 3 rings (SSSR count). The number of carbonyl (C=O) groups is 1. The quantitative estimate of drug-likeness (QED) is 0.887. The molecule has 1 aromatic carbocycles. The van der Waals surface area contributed by atoms with Gasteiger partial charge in [-0.15, -0.1) is 11.8 Å². The highest BCUT2D eigenvalue weighted by molar-refractivity contribution is 8.00. The van der Waals surface area contributed by atoms with Gasteiger partial charge in [0.05, 0.1) is 0 Å². The predicted octanol–water partition coefficient (Wildman–Crippen LogP) is 4.32. The van der Waals surface area contributed by atoms with Crippen LogP contribution in [0.2, 0.25) is 0 Å². The Bertz CT molecular complexity index is 450. The maximum atomic E-state index is 11.8. The summed E-state index contributed by atoms with van der Waals surface area (Å²) in [5, 5.41) is 3.81. The van der Waals surface area contributed by atoms with E-state index in [-0.39, 0.29) is 11.8 Å². The molecule has 0 radical (unpaired) electrons. The van der Waals surface area contributed by atoms with Crippen molar-refractivity contribution in [1.82, 2.24) is 0 Å². The maximum absolute atomic E-state index is 11.8. The van der Waals surface area contributed by atoms with E-state index in [2.05, 4.69) is 24.4 Å². The van der Waals surface area contributed by atoms with E-state index < -0.39 is 0 Å². The van der Waals surface area contributed by atoms with Crippen molar-refractivity contribution in [3.63, 3.8) is 0 Å². The average molecular weight is 275 g/mol. The second-order valence-corrected chi connectivity index (χ2v) is 7.23. The minimum absolute atomic E-state index is 0.184. The van der Waals surface area contributed by atoms with Crippen LogP contribution in [-0.4, -0.2) is 11.2 Å². The van der Waals surface area contributed by atoms with Crippen LogP contribution in [0, 0.1) is 11.8 Å². The van der Waals surface area contributed by atoms with Crippen molar-refractivity contribution in [3.05, 3.63) is 24.3 Å². The first-order valence-corrected chi connectivity index (χ1v) is 8.18. The summed E-state index contributed by atoms with van der Waals surface area (Å²) in [4.78, 5) is 13.2. The van der Waals surface area contributed by atoms with E-state index in [0.717, 1.165) is 17.4 Å². The monoisotopic (exact) mass is 275 g/mol. The predicted molar refractivity (Wildman–Crippen MR) is 80.5 cm³/mol. The normalized spacial score (nSPS) is 26.4. The fraction of sp³-hybridized carbons (Fsp3) is 0.562. The summed E-state index contributed by atoms with van der Waals surface area (Å²) in [6, 6.07) is 8.33. The summed E-state index contributed by atoms with van der Waals surface area (Å²) < 4.78 is 0. The molecule has 2 aliphatic carbocycles. The number of carbonyl (C=O) groups excluding carboxylic acids is 1. The number of rotatable bonds is 4. The van der Waals surface area contributed by atoms with Crippen LogP contribution >= 0.6 is 11.8 Å². The molecule has 0 saturated heterocycles. The van der Waals surface area contributed by atoms with Gasteiger partial charge in [0.1, 0.15) is 0 Å². The van der Waals surface area contributed by atoms with Crippen molar-refractivity contribution in [2.75, 3.05) is 5.32 Å². The zero-order valence-electron chi connectivity index (χ0n) is 11.4.